The van der Waals surface area contributed by atoms with E-state index in [0.717, 1.165) is 44.9 Å². The highest BCUT2D eigenvalue weighted by atomic mass is 15.1. The predicted octanol–water partition coefficient (Wildman–Crippen LogP) is 11.7. The number of rotatable bonds is 5. The smallest absolute Gasteiger partial charge is 0.162 e. The van der Waals surface area contributed by atoms with E-state index in [4.69, 9.17) is 9.97 Å². The quantitative estimate of drug-likeness (QED) is 0.188. The van der Waals surface area contributed by atoms with Gasteiger partial charge in [-0.25, -0.2) is 9.97 Å². The van der Waals surface area contributed by atoms with E-state index in [0.29, 0.717) is 5.82 Å². The van der Waals surface area contributed by atoms with Crippen LogP contribution in [0.15, 0.2) is 182 Å². The van der Waals surface area contributed by atoms with Crippen LogP contribution in [0.2, 0.25) is 0 Å². The van der Waals surface area contributed by atoms with Gasteiger partial charge in [-0.2, -0.15) is 0 Å². The van der Waals surface area contributed by atoms with E-state index in [1.807, 2.05) is 24.3 Å². The lowest BCUT2D eigenvalue weighted by atomic mass is 9.98. The van der Waals surface area contributed by atoms with Crippen molar-refractivity contribution in [2.45, 2.75) is 0 Å². The monoisotopic (exact) mass is 638 g/mol. The van der Waals surface area contributed by atoms with Crippen molar-refractivity contribution in [3.8, 4) is 45.3 Å². The molecular weight excluding hydrogens is 609 g/mol. The third kappa shape index (κ3) is 4.39. The van der Waals surface area contributed by atoms with Gasteiger partial charge in [0.15, 0.2) is 5.82 Å². The van der Waals surface area contributed by atoms with Crippen LogP contribution in [0.3, 0.4) is 0 Å². The van der Waals surface area contributed by atoms with E-state index in [1.54, 1.807) is 0 Å². The molecule has 0 saturated heterocycles. The molecule has 0 aliphatic carbocycles. The Morgan fingerprint density at radius 2 is 0.920 bits per heavy atom. The first-order chi connectivity index (χ1) is 24.8. The molecule has 0 saturated carbocycles. The van der Waals surface area contributed by atoms with E-state index in [9.17, 15) is 0 Å². The maximum absolute atomic E-state index is 5.35. The average molecular weight is 639 g/mol. The molecule has 0 bridgehead atoms. The van der Waals surface area contributed by atoms with Crippen molar-refractivity contribution in [2.75, 3.05) is 0 Å². The minimum Gasteiger partial charge on any atom is -0.309 e. The lowest BCUT2D eigenvalue weighted by molar-refractivity contribution is 1.05. The normalized spacial score (nSPS) is 11.6. The van der Waals surface area contributed by atoms with E-state index in [2.05, 4.69) is 167 Å². The topological polar surface area (TPSA) is 35.6 Å². The Bertz CT molecular complexity index is 2780. The third-order valence-corrected chi connectivity index (χ3v) is 9.71. The predicted molar refractivity (Wildman–Crippen MR) is 207 cm³/mol. The molecule has 0 aliphatic rings. The lowest BCUT2D eigenvalue weighted by Gasteiger charge is -2.15. The van der Waals surface area contributed by atoms with Gasteiger partial charge < -0.3 is 4.57 Å². The van der Waals surface area contributed by atoms with Crippen LogP contribution in [0, 0.1) is 0 Å². The molecular formula is C46H30N4. The second-order valence-electron chi connectivity index (χ2n) is 12.6. The highest BCUT2D eigenvalue weighted by Gasteiger charge is 2.25. The molecule has 0 aliphatic heterocycles. The first-order valence-electron chi connectivity index (χ1n) is 16.9. The average Bonchev–Trinajstić information content (AvgIpc) is 3.72. The van der Waals surface area contributed by atoms with E-state index >= 15 is 0 Å². The molecule has 4 heteroatoms. The largest absolute Gasteiger partial charge is 0.309 e. The molecule has 7 aromatic carbocycles. The van der Waals surface area contributed by atoms with Gasteiger partial charge >= 0.3 is 0 Å². The number of fused-ring (bicyclic) bond motifs is 7. The van der Waals surface area contributed by atoms with E-state index in [1.165, 1.54) is 38.2 Å². The van der Waals surface area contributed by atoms with Crippen LogP contribution in [-0.2, 0) is 0 Å². The van der Waals surface area contributed by atoms with E-state index < -0.39 is 0 Å². The van der Waals surface area contributed by atoms with Crippen LogP contribution in [-0.4, -0.2) is 19.1 Å². The highest BCUT2D eigenvalue weighted by Crippen LogP contribution is 2.46. The Labute approximate surface area is 289 Å². The molecule has 0 amide bonds. The molecule has 50 heavy (non-hydrogen) atoms. The molecule has 0 N–H and O–H groups in total. The molecule has 0 fully saturated rings. The molecule has 10 rings (SSSR count). The third-order valence-electron chi connectivity index (χ3n) is 9.71. The molecule has 10 aromatic rings. The summed E-state index contributed by atoms with van der Waals surface area (Å²) in [4.78, 5) is 10.5. The van der Waals surface area contributed by atoms with Gasteiger partial charge in [0.1, 0.15) is 5.82 Å². The Morgan fingerprint density at radius 3 is 1.60 bits per heavy atom. The Hall–Kier alpha value is -6.78. The Morgan fingerprint density at radius 1 is 0.380 bits per heavy atom. The summed E-state index contributed by atoms with van der Waals surface area (Å²) in [6.45, 7) is 0. The Balaban J connectivity index is 1.42. The standard InChI is InChI=1S/C46H30N4/c1-5-17-31(18-6-1)37-29-38-35-25-13-15-27-40(35)50(42-30-39(32-19-7-2-8-20-32)47-46(48-42)33-21-9-3-10-22-33)45(38)43-36-26-14-16-28-41(36)49(44(37)43)34-23-11-4-12-24-34/h1-30H. The summed E-state index contributed by atoms with van der Waals surface area (Å²) in [5.41, 5.74) is 10.9. The van der Waals surface area contributed by atoms with Crippen molar-refractivity contribution in [1.82, 2.24) is 19.1 Å². The van der Waals surface area contributed by atoms with Gasteiger partial charge in [-0.15, -0.1) is 0 Å². The summed E-state index contributed by atoms with van der Waals surface area (Å²) >= 11 is 0. The molecule has 0 spiro atoms. The summed E-state index contributed by atoms with van der Waals surface area (Å²) in [5.74, 6) is 1.52. The maximum atomic E-state index is 5.35. The number of benzene rings is 7. The van der Waals surface area contributed by atoms with Crippen molar-refractivity contribution in [1.29, 1.82) is 0 Å². The fourth-order valence-electron chi connectivity index (χ4n) is 7.55. The molecule has 3 heterocycles. The molecule has 4 nitrogen and oxygen atoms in total. The first-order valence-corrected chi connectivity index (χ1v) is 16.9. The number of nitrogens with zero attached hydrogens (tertiary/aromatic N) is 4. The second-order valence-corrected chi connectivity index (χ2v) is 12.6. The van der Waals surface area contributed by atoms with Crippen molar-refractivity contribution >= 4 is 43.6 Å². The minimum atomic E-state index is 0.691. The SMILES string of the molecule is c1ccc(-c2cc(-n3c4ccccc4c4cc(-c5ccccc5)c5c(c6ccccc6n5-c5ccccc5)c43)nc(-c3ccccc3)n2)cc1. The Kier molecular flexibility index (Phi) is 6.46. The summed E-state index contributed by atoms with van der Waals surface area (Å²) in [7, 11) is 0. The first kappa shape index (κ1) is 28.3. The number of hydrogen-bond acceptors (Lipinski definition) is 2. The van der Waals surface area contributed by atoms with Gasteiger partial charge in [0.05, 0.1) is 27.8 Å². The summed E-state index contributed by atoms with van der Waals surface area (Å²) in [6, 6.07) is 64.2. The number of para-hydroxylation sites is 3. The molecule has 0 radical (unpaired) electrons. The van der Waals surface area contributed by atoms with Crippen LogP contribution in [0.25, 0.3) is 88.9 Å². The van der Waals surface area contributed by atoms with Gasteiger partial charge in [-0.1, -0.05) is 146 Å². The van der Waals surface area contributed by atoms with Crippen molar-refractivity contribution in [2.24, 2.45) is 0 Å². The molecule has 0 unspecified atom stereocenters. The summed E-state index contributed by atoms with van der Waals surface area (Å²) < 4.78 is 4.79. The zero-order valence-electron chi connectivity index (χ0n) is 27.1. The van der Waals surface area contributed by atoms with Gasteiger partial charge in [-0.05, 0) is 35.9 Å². The van der Waals surface area contributed by atoms with Crippen LogP contribution in [0.4, 0.5) is 0 Å². The lowest BCUT2D eigenvalue weighted by Crippen LogP contribution is -2.03. The fourth-order valence-corrected chi connectivity index (χ4v) is 7.55. The number of hydrogen-bond donors (Lipinski definition) is 0. The molecule has 0 atom stereocenters. The number of aromatic nitrogens is 4. The summed E-state index contributed by atoms with van der Waals surface area (Å²) in [6.07, 6.45) is 0. The van der Waals surface area contributed by atoms with Crippen LogP contribution < -0.4 is 0 Å². The van der Waals surface area contributed by atoms with Crippen molar-refractivity contribution < 1.29 is 0 Å². The fraction of sp³-hybridized carbons (Fsp3) is 0. The van der Waals surface area contributed by atoms with Gasteiger partial charge in [0.25, 0.3) is 0 Å². The summed E-state index contributed by atoms with van der Waals surface area (Å²) in [5, 5.41) is 4.75. The second kappa shape index (κ2) is 11.4. The molecule has 3 aromatic heterocycles. The van der Waals surface area contributed by atoms with Crippen molar-refractivity contribution in [3.05, 3.63) is 182 Å². The van der Waals surface area contributed by atoms with Gasteiger partial charge in [0, 0.05) is 50.0 Å². The van der Waals surface area contributed by atoms with Crippen LogP contribution >= 0.6 is 0 Å². The van der Waals surface area contributed by atoms with Crippen LogP contribution in [0.1, 0.15) is 0 Å². The van der Waals surface area contributed by atoms with Crippen molar-refractivity contribution in [3.63, 3.8) is 0 Å². The zero-order chi connectivity index (χ0) is 33.0. The maximum Gasteiger partial charge on any atom is 0.162 e. The van der Waals surface area contributed by atoms with Crippen LogP contribution in [0.5, 0.6) is 0 Å². The van der Waals surface area contributed by atoms with Gasteiger partial charge in [-0.3, -0.25) is 4.57 Å². The minimum absolute atomic E-state index is 0.691. The molecule has 234 valence electrons. The highest BCUT2D eigenvalue weighted by molar-refractivity contribution is 6.29. The van der Waals surface area contributed by atoms with Gasteiger partial charge in [0.2, 0.25) is 0 Å². The van der Waals surface area contributed by atoms with E-state index in [-0.39, 0.29) is 0 Å². The zero-order valence-corrected chi connectivity index (χ0v) is 27.1.